The van der Waals surface area contributed by atoms with Crippen LogP contribution >= 0.6 is 0 Å². The number of rotatable bonds is 22. The molecule has 0 saturated carbocycles. The van der Waals surface area contributed by atoms with Crippen LogP contribution < -0.4 is 37.6 Å². The molecule has 8 atom stereocenters. The molecule has 6 amide bonds. The van der Waals surface area contributed by atoms with Gasteiger partial charge in [0.2, 0.25) is 35.4 Å². The first-order valence-electron chi connectivity index (χ1n) is 16.0. The average molecular weight is 674 g/mol. The zero-order chi connectivity index (χ0) is 36.4. The Morgan fingerprint density at radius 3 is 1.72 bits per heavy atom. The lowest BCUT2D eigenvalue weighted by atomic mass is 9.96. The third-order valence-corrected chi connectivity index (χ3v) is 7.55. The summed E-state index contributed by atoms with van der Waals surface area (Å²) in [5, 5.41) is 43.4. The van der Waals surface area contributed by atoms with Crippen LogP contribution in [0, 0.1) is 11.8 Å². The average Bonchev–Trinajstić information content (AvgIpc) is 3.01. The predicted molar refractivity (Wildman–Crippen MR) is 171 cm³/mol. The van der Waals surface area contributed by atoms with Gasteiger partial charge in [0.05, 0.1) is 12.6 Å². The molecule has 0 spiro atoms. The van der Waals surface area contributed by atoms with Crippen LogP contribution in [0.2, 0.25) is 0 Å². The van der Waals surface area contributed by atoms with Gasteiger partial charge in [-0.15, -0.1) is 0 Å². The van der Waals surface area contributed by atoms with Gasteiger partial charge in [-0.1, -0.05) is 41.0 Å². The lowest BCUT2D eigenvalue weighted by Crippen LogP contribution is -2.60. The zero-order valence-corrected chi connectivity index (χ0v) is 28.4. The second-order valence-corrected chi connectivity index (χ2v) is 11.9. The van der Waals surface area contributed by atoms with Crippen molar-refractivity contribution in [2.45, 2.75) is 123 Å². The van der Waals surface area contributed by atoms with E-state index in [2.05, 4.69) is 31.9 Å². The molecule has 0 bridgehead atoms. The van der Waals surface area contributed by atoms with Crippen molar-refractivity contribution in [2.24, 2.45) is 17.6 Å². The SMILES string of the molecule is CCC(O)C(=O)N[C@@H](C)C(=O)N[C@H](C(=O)N[C@H](C(=O)NCC(=O)N[C@@H](CCCCN)C(=O)N[C@H](C(=O)O)[C@@H](C)O)[C@@H](C)CC)C(C)C. The van der Waals surface area contributed by atoms with Crippen LogP contribution in [-0.2, 0) is 33.6 Å². The number of carboxylic acids is 1. The van der Waals surface area contributed by atoms with Crippen molar-refractivity contribution in [1.29, 1.82) is 0 Å². The van der Waals surface area contributed by atoms with Crippen LogP contribution in [0.4, 0.5) is 0 Å². The molecular formula is C30H55N7O10. The second kappa shape index (κ2) is 21.9. The maximum Gasteiger partial charge on any atom is 0.328 e. The van der Waals surface area contributed by atoms with Gasteiger partial charge in [0.1, 0.15) is 30.3 Å². The minimum absolute atomic E-state index is 0.115. The van der Waals surface area contributed by atoms with E-state index in [0.29, 0.717) is 25.8 Å². The number of aliphatic hydroxyl groups is 2. The normalized spacial score (nSPS) is 16.2. The Balaban J connectivity index is 5.58. The van der Waals surface area contributed by atoms with Gasteiger partial charge in [-0.3, -0.25) is 28.8 Å². The molecule has 0 aromatic rings. The van der Waals surface area contributed by atoms with E-state index in [1.807, 2.05) is 0 Å². The molecule has 0 saturated heterocycles. The number of hydrogen-bond acceptors (Lipinski definition) is 10. The van der Waals surface area contributed by atoms with E-state index in [1.165, 1.54) is 13.8 Å². The number of carbonyl (C=O) groups is 7. The Morgan fingerprint density at radius 2 is 1.23 bits per heavy atom. The number of aliphatic carboxylic acids is 1. The largest absolute Gasteiger partial charge is 0.480 e. The highest BCUT2D eigenvalue weighted by molar-refractivity contribution is 5.96. The smallest absolute Gasteiger partial charge is 0.328 e. The molecular weight excluding hydrogens is 618 g/mol. The van der Waals surface area contributed by atoms with Crippen molar-refractivity contribution < 1.29 is 48.9 Å². The highest BCUT2D eigenvalue weighted by Gasteiger charge is 2.33. The predicted octanol–water partition coefficient (Wildman–Crippen LogP) is -2.39. The number of carbonyl (C=O) groups excluding carboxylic acids is 6. The van der Waals surface area contributed by atoms with E-state index < -0.39 is 102 Å². The van der Waals surface area contributed by atoms with Crippen molar-refractivity contribution in [2.75, 3.05) is 13.1 Å². The minimum atomic E-state index is -1.61. The fourth-order valence-electron chi connectivity index (χ4n) is 4.25. The van der Waals surface area contributed by atoms with E-state index >= 15 is 0 Å². The van der Waals surface area contributed by atoms with E-state index in [1.54, 1.807) is 34.6 Å². The topological polar surface area (TPSA) is 278 Å². The molecule has 0 aliphatic rings. The van der Waals surface area contributed by atoms with Gasteiger partial charge in [0, 0.05) is 0 Å². The number of hydrogen-bond donors (Lipinski definition) is 10. The molecule has 47 heavy (non-hydrogen) atoms. The Morgan fingerprint density at radius 1 is 0.660 bits per heavy atom. The van der Waals surface area contributed by atoms with Crippen molar-refractivity contribution in [3.8, 4) is 0 Å². The number of amides is 6. The Hall–Kier alpha value is -3.83. The molecule has 0 aliphatic carbocycles. The van der Waals surface area contributed by atoms with Gasteiger partial charge in [-0.2, -0.15) is 0 Å². The fourth-order valence-corrected chi connectivity index (χ4v) is 4.25. The lowest BCUT2D eigenvalue weighted by molar-refractivity contribution is -0.145. The first kappa shape index (κ1) is 43.2. The number of unbranched alkanes of at least 4 members (excludes halogenated alkanes) is 1. The summed E-state index contributed by atoms with van der Waals surface area (Å²) in [7, 11) is 0. The van der Waals surface area contributed by atoms with E-state index in [4.69, 9.17) is 5.73 Å². The maximum absolute atomic E-state index is 13.3. The molecule has 0 heterocycles. The summed E-state index contributed by atoms with van der Waals surface area (Å²) in [5.41, 5.74) is 5.52. The van der Waals surface area contributed by atoms with Crippen LogP contribution in [0.1, 0.15) is 80.6 Å². The minimum Gasteiger partial charge on any atom is -0.480 e. The van der Waals surface area contributed by atoms with Gasteiger partial charge >= 0.3 is 5.97 Å². The van der Waals surface area contributed by atoms with Crippen molar-refractivity contribution in [3.63, 3.8) is 0 Å². The van der Waals surface area contributed by atoms with Crippen LogP contribution in [0.5, 0.6) is 0 Å². The fraction of sp³-hybridized carbons (Fsp3) is 0.767. The molecule has 270 valence electrons. The monoisotopic (exact) mass is 673 g/mol. The van der Waals surface area contributed by atoms with Crippen LogP contribution in [0.3, 0.4) is 0 Å². The summed E-state index contributed by atoms with van der Waals surface area (Å²) in [5.74, 6) is -6.66. The van der Waals surface area contributed by atoms with Gasteiger partial charge in [0.15, 0.2) is 6.04 Å². The number of aliphatic hydroxyl groups excluding tert-OH is 2. The molecule has 0 aromatic carbocycles. The van der Waals surface area contributed by atoms with Crippen LogP contribution in [0.25, 0.3) is 0 Å². The molecule has 0 aromatic heterocycles. The second-order valence-electron chi connectivity index (χ2n) is 11.9. The number of nitrogens with two attached hydrogens (primary N) is 1. The molecule has 17 nitrogen and oxygen atoms in total. The van der Waals surface area contributed by atoms with Crippen molar-refractivity contribution in [1.82, 2.24) is 31.9 Å². The summed E-state index contributed by atoms with van der Waals surface area (Å²) < 4.78 is 0. The maximum atomic E-state index is 13.3. The summed E-state index contributed by atoms with van der Waals surface area (Å²) in [4.78, 5) is 88.2. The zero-order valence-electron chi connectivity index (χ0n) is 28.4. The summed E-state index contributed by atoms with van der Waals surface area (Å²) in [6.45, 7) is 10.8. The standard InChI is InChI=1S/C30H55N7O10/c1-8-16(5)23(36-29(45)22(15(3)4)35-25(41)17(6)33-27(43)20(39)9-2)28(44)32-14-21(40)34-19(12-10-11-13-31)26(42)37-24(18(7)38)30(46)47/h15-20,22-24,38-39H,8-14,31H2,1-7H3,(H,32,44)(H,33,43)(H,34,40)(H,35,41)(H,36,45)(H,37,42)(H,46,47)/t16-,17-,18+,19-,20?,22-,23-,24-/m0/s1. The van der Waals surface area contributed by atoms with Gasteiger partial charge in [0.25, 0.3) is 0 Å². The van der Waals surface area contributed by atoms with E-state index in [-0.39, 0.29) is 12.8 Å². The summed E-state index contributed by atoms with van der Waals surface area (Å²) in [6.07, 6.45) is -1.01. The number of nitrogens with one attached hydrogen (secondary N) is 6. The highest BCUT2D eigenvalue weighted by atomic mass is 16.4. The van der Waals surface area contributed by atoms with Gasteiger partial charge < -0.3 is 53.0 Å². The summed E-state index contributed by atoms with van der Waals surface area (Å²) in [6, 6.07) is -6.05. The quantitative estimate of drug-likeness (QED) is 0.0542. The molecule has 0 fully saturated rings. The van der Waals surface area contributed by atoms with Crippen molar-refractivity contribution in [3.05, 3.63) is 0 Å². The Bertz CT molecular complexity index is 1070. The van der Waals surface area contributed by atoms with Gasteiger partial charge in [-0.25, -0.2) is 4.79 Å². The highest BCUT2D eigenvalue weighted by Crippen LogP contribution is 2.11. The molecule has 0 radical (unpaired) electrons. The third-order valence-electron chi connectivity index (χ3n) is 7.55. The third kappa shape index (κ3) is 15.5. The molecule has 11 N–H and O–H groups in total. The lowest BCUT2D eigenvalue weighted by Gasteiger charge is -2.29. The molecule has 1 unspecified atom stereocenters. The molecule has 0 aliphatic heterocycles. The molecule has 0 rings (SSSR count). The first-order chi connectivity index (χ1) is 21.9. The summed E-state index contributed by atoms with van der Waals surface area (Å²) >= 11 is 0. The van der Waals surface area contributed by atoms with Crippen LogP contribution in [-0.4, -0.2) is 112 Å². The van der Waals surface area contributed by atoms with Gasteiger partial charge in [-0.05, 0) is 57.9 Å². The van der Waals surface area contributed by atoms with Crippen molar-refractivity contribution >= 4 is 41.4 Å². The van der Waals surface area contributed by atoms with E-state index in [0.717, 1.165) is 0 Å². The Kier molecular flexibility index (Phi) is 20.1. The van der Waals surface area contributed by atoms with E-state index in [9.17, 15) is 48.9 Å². The Labute approximate surface area is 275 Å². The molecule has 17 heteroatoms. The number of carboxylic acid groups (broad SMARTS) is 1. The first-order valence-corrected chi connectivity index (χ1v) is 16.0. The van der Waals surface area contributed by atoms with Crippen LogP contribution in [0.15, 0.2) is 0 Å².